The fourth-order valence-corrected chi connectivity index (χ4v) is 3.61. The van der Waals surface area contributed by atoms with Crippen LogP contribution in [0.2, 0.25) is 0 Å². The molecule has 0 bridgehead atoms. The van der Waals surface area contributed by atoms with Crippen LogP contribution in [0, 0.1) is 5.82 Å². The number of carbonyl (C=O) groups excluding carboxylic acids is 1. The molecule has 0 saturated heterocycles. The van der Waals surface area contributed by atoms with Gasteiger partial charge in [-0.25, -0.2) is 4.39 Å². The molecule has 0 radical (unpaired) electrons. The molecule has 3 nitrogen and oxygen atoms in total. The van der Waals surface area contributed by atoms with E-state index in [2.05, 4.69) is 5.32 Å². The van der Waals surface area contributed by atoms with Gasteiger partial charge in [0.1, 0.15) is 5.82 Å². The highest BCUT2D eigenvalue weighted by atomic mass is 32.1. The minimum absolute atomic E-state index is 0.0670. The van der Waals surface area contributed by atoms with Crippen molar-refractivity contribution in [1.29, 1.82) is 0 Å². The van der Waals surface area contributed by atoms with E-state index in [1.165, 1.54) is 23.1 Å². The molecule has 20 heavy (non-hydrogen) atoms. The van der Waals surface area contributed by atoms with E-state index in [0.717, 1.165) is 24.8 Å². The molecule has 0 spiro atoms. The van der Waals surface area contributed by atoms with E-state index in [4.69, 9.17) is 5.73 Å². The second-order valence-electron chi connectivity index (χ2n) is 4.96. The third-order valence-corrected chi connectivity index (χ3v) is 4.64. The van der Waals surface area contributed by atoms with Gasteiger partial charge in [0.05, 0.1) is 17.3 Å². The van der Waals surface area contributed by atoms with Gasteiger partial charge in [0.2, 0.25) is 5.91 Å². The van der Waals surface area contributed by atoms with Crippen molar-refractivity contribution in [3.8, 4) is 0 Å². The summed E-state index contributed by atoms with van der Waals surface area (Å²) in [5, 5.41) is 4.84. The molecule has 1 aromatic heterocycles. The zero-order valence-electron chi connectivity index (χ0n) is 10.9. The molecule has 1 unspecified atom stereocenters. The van der Waals surface area contributed by atoms with Gasteiger partial charge in [0, 0.05) is 4.88 Å². The Labute approximate surface area is 120 Å². The Bertz CT molecular complexity index is 653. The molecule has 1 heterocycles. The Morgan fingerprint density at radius 1 is 1.40 bits per heavy atom. The molecule has 2 aromatic rings. The van der Waals surface area contributed by atoms with Gasteiger partial charge in [-0.2, -0.15) is 0 Å². The summed E-state index contributed by atoms with van der Waals surface area (Å²) in [4.78, 5) is 13.7. The topological polar surface area (TPSA) is 55.1 Å². The van der Waals surface area contributed by atoms with Gasteiger partial charge < -0.3 is 11.1 Å². The van der Waals surface area contributed by atoms with Crippen LogP contribution in [0.4, 0.5) is 15.8 Å². The number of nitrogens with one attached hydrogen (secondary N) is 1. The van der Waals surface area contributed by atoms with Crippen LogP contribution in [-0.4, -0.2) is 5.91 Å². The number of nitrogens with two attached hydrogens (primary N) is 1. The molecule has 0 saturated carbocycles. The number of amides is 1. The summed E-state index contributed by atoms with van der Waals surface area (Å²) >= 11 is 1.70. The number of rotatable bonds is 2. The van der Waals surface area contributed by atoms with Crippen molar-refractivity contribution in [2.75, 3.05) is 11.1 Å². The number of fused-ring (bicyclic) bond motifs is 1. The van der Waals surface area contributed by atoms with Crippen molar-refractivity contribution in [3.63, 3.8) is 0 Å². The number of benzene rings is 1. The van der Waals surface area contributed by atoms with Gasteiger partial charge in [-0.1, -0.05) is 0 Å². The molecule has 1 amide bonds. The van der Waals surface area contributed by atoms with Crippen LogP contribution in [0.15, 0.2) is 29.6 Å². The summed E-state index contributed by atoms with van der Waals surface area (Å²) in [7, 11) is 0. The summed E-state index contributed by atoms with van der Waals surface area (Å²) in [6.07, 6.45) is 2.91. The monoisotopic (exact) mass is 290 g/mol. The van der Waals surface area contributed by atoms with Gasteiger partial charge in [0.25, 0.3) is 0 Å². The number of carbonyl (C=O) groups is 1. The number of hydrogen-bond donors (Lipinski definition) is 2. The van der Waals surface area contributed by atoms with Crippen LogP contribution in [0.25, 0.3) is 0 Å². The largest absolute Gasteiger partial charge is 0.397 e. The number of anilines is 2. The first-order valence-electron chi connectivity index (χ1n) is 6.57. The lowest BCUT2D eigenvalue weighted by Crippen LogP contribution is -2.24. The third kappa shape index (κ3) is 2.41. The fourth-order valence-electron chi connectivity index (χ4n) is 2.63. The van der Waals surface area contributed by atoms with Crippen molar-refractivity contribution in [1.82, 2.24) is 0 Å². The molecule has 1 aliphatic rings. The molecule has 0 aliphatic heterocycles. The maximum absolute atomic E-state index is 13.0. The van der Waals surface area contributed by atoms with Crippen LogP contribution in [0.3, 0.4) is 0 Å². The Morgan fingerprint density at radius 2 is 2.25 bits per heavy atom. The van der Waals surface area contributed by atoms with E-state index in [9.17, 15) is 9.18 Å². The predicted molar refractivity (Wildman–Crippen MR) is 79.4 cm³/mol. The van der Waals surface area contributed by atoms with Gasteiger partial charge >= 0.3 is 0 Å². The van der Waals surface area contributed by atoms with E-state index in [-0.39, 0.29) is 17.5 Å². The van der Waals surface area contributed by atoms with Gasteiger partial charge in [-0.15, -0.1) is 11.3 Å². The fraction of sp³-hybridized carbons (Fsp3) is 0.267. The lowest BCUT2D eigenvalue weighted by molar-refractivity contribution is -0.117. The summed E-state index contributed by atoms with van der Waals surface area (Å²) in [6, 6.07) is 6.03. The summed E-state index contributed by atoms with van der Waals surface area (Å²) < 4.78 is 13.0. The summed E-state index contributed by atoms with van der Waals surface area (Å²) in [5.41, 5.74) is 7.57. The van der Waals surface area contributed by atoms with E-state index in [1.807, 2.05) is 11.4 Å². The maximum Gasteiger partial charge on any atom is 0.232 e. The normalized spacial score (nSPS) is 17.6. The van der Waals surface area contributed by atoms with Crippen molar-refractivity contribution >= 4 is 28.6 Å². The molecule has 3 rings (SSSR count). The molecule has 0 fully saturated rings. The molecule has 3 N–H and O–H groups in total. The number of aryl methyl sites for hydroxylation is 1. The number of hydrogen-bond acceptors (Lipinski definition) is 3. The molecule has 1 atom stereocenters. The SMILES string of the molecule is Nc1cc(F)ccc1NC(=O)C1CCCc2sccc21. The molecule has 104 valence electrons. The van der Waals surface area contributed by atoms with Crippen LogP contribution >= 0.6 is 11.3 Å². The molecular formula is C15H15FN2OS. The zero-order valence-corrected chi connectivity index (χ0v) is 11.7. The maximum atomic E-state index is 13.0. The van der Waals surface area contributed by atoms with E-state index >= 15 is 0 Å². The van der Waals surface area contributed by atoms with Crippen molar-refractivity contribution in [2.24, 2.45) is 0 Å². The van der Waals surface area contributed by atoms with E-state index < -0.39 is 5.82 Å². The van der Waals surface area contributed by atoms with Crippen LogP contribution in [0.1, 0.15) is 29.2 Å². The van der Waals surface area contributed by atoms with Gasteiger partial charge in [-0.05, 0) is 54.5 Å². The average molecular weight is 290 g/mol. The van der Waals surface area contributed by atoms with E-state index in [1.54, 1.807) is 11.3 Å². The first-order chi connectivity index (χ1) is 9.65. The van der Waals surface area contributed by atoms with Crippen LogP contribution < -0.4 is 11.1 Å². The van der Waals surface area contributed by atoms with Crippen molar-refractivity contribution < 1.29 is 9.18 Å². The number of thiophene rings is 1. The second-order valence-corrected chi connectivity index (χ2v) is 5.97. The second kappa shape index (κ2) is 5.25. The predicted octanol–water partition coefficient (Wildman–Crippen LogP) is 3.53. The highest BCUT2D eigenvalue weighted by molar-refractivity contribution is 7.10. The first kappa shape index (κ1) is 13.1. The number of nitrogen functional groups attached to an aromatic ring is 1. The summed E-state index contributed by atoms with van der Waals surface area (Å²) in [5.74, 6) is -0.601. The minimum atomic E-state index is -0.404. The number of halogens is 1. The zero-order chi connectivity index (χ0) is 14.1. The highest BCUT2D eigenvalue weighted by Gasteiger charge is 2.27. The summed E-state index contributed by atoms with van der Waals surface area (Å²) in [6.45, 7) is 0. The molecule has 1 aromatic carbocycles. The van der Waals surface area contributed by atoms with Gasteiger partial charge in [-0.3, -0.25) is 4.79 Å². The Hall–Kier alpha value is -1.88. The molecular weight excluding hydrogens is 275 g/mol. The lowest BCUT2D eigenvalue weighted by atomic mass is 9.87. The van der Waals surface area contributed by atoms with Gasteiger partial charge in [0.15, 0.2) is 0 Å². The lowest BCUT2D eigenvalue weighted by Gasteiger charge is -2.22. The quantitative estimate of drug-likeness (QED) is 0.831. The smallest absolute Gasteiger partial charge is 0.232 e. The minimum Gasteiger partial charge on any atom is -0.397 e. The Morgan fingerprint density at radius 3 is 3.05 bits per heavy atom. The highest BCUT2D eigenvalue weighted by Crippen LogP contribution is 2.36. The average Bonchev–Trinajstić information content (AvgIpc) is 2.90. The van der Waals surface area contributed by atoms with Crippen LogP contribution in [0.5, 0.6) is 0 Å². The molecule has 1 aliphatic carbocycles. The van der Waals surface area contributed by atoms with Crippen LogP contribution in [-0.2, 0) is 11.2 Å². The molecule has 5 heteroatoms. The standard InChI is InChI=1S/C15H15FN2OS/c16-9-4-5-13(12(17)8-9)18-15(19)11-2-1-3-14-10(11)6-7-20-14/h4-8,11H,1-3,17H2,(H,18,19). The Kier molecular flexibility index (Phi) is 3.44. The Balaban J connectivity index is 1.81. The third-order valence-electron chi connectivity index (χ3n) is 3.64. The van der Waals surface area contributed by atoms with Crippen molar-refractivity contribution in [3.05, 3.63) is 45.9 Å². The first-order valence-corrected chi connectivity index (χ1v) is 7.45. The van der Waals surface area contributed by atoms with Crippen molar-refractivity contribution in [2.45, 2.75) is 25.2 Å². The van der Waals surface area contributed by atoms with E-state index in [0.29, 0.717) is 5.69 Å².